The monoisotopic (exact) mass is 652 g/mol. The Kier molecular flexibility index (Phi) is 7.00. The maximum atomic E-state index is 9.15. The van der Waals surface area contributed by atoms with E-state index in [4.69, 9.17) is 40.5 Å². The minimum Gasteiger partial charge on any atom is -0.495 e. The largest absolute Gasteiger partial charge is 0.495 e. The number of rotatable bonds is 6. The number of allylic oxidation sites excluding steroid dienone is 2. The molecular weight excluding hydrogens is 633 g/mol. The summed E-state index contributed by atoms with van der Waals surface area (Å²) >= 11 is 5.86. The number of thiazole rings is 2. The van der Waals surface area contributed by atoms with Gasteiger partial charge in [0.25, 0.3) is 0 Å². The van der Waals surface area contributed by atoms with Crippen LogP contribution in [0.1, 0.15) is 48.8 Å². The van der Waals surface area contributed by atoms with E-state index in [1.807, 2.05) is 0 Å². The third kappa shape index (κ3) is 4.27. The van der Waals surface area contributed by atoms with Crippen LogP contribution in [-0.2, 0) is 10.8 Å². The van der Waals surface area contributed by atoms with E-state index in [-0.39, 0.29) is 11.4 Å². The second-order valence-corrected chi connectivity index (χ2v) is 14.8. The van der Waals surface area contributed by atoms with E-state index >= 15 is 0 Å². The summed E-state index contributed by atoms with van der Waals surface area (Å²) in [4.78, 5) is 22.4. The molecule has 4 aromatic rings. The maximum Gasteiger partial charge on any atom is 0.219 e. The molecule has 4 heterocycles. The summed E-state index contributed by atoms with van der Waals surface area (Å²) in [6, 6.07) is 10.6. The van der Waals surface area contributed by atoms with Gasteiger partial charge < -0.3 is 9.47 Å². The Morgan fingerprint density at radius 3 is 1.32 bits per heavy atom. The Morgan fingerprint density at radius 2 is 1.00 bits per heavy atom. The first kappa shape index (κ1) is 29.4. The molecule has 0 unspecified atom stereocenters. The lowest BCUT2D eigenvalue weighted by molar-refractivity contribution is 0.418. The minimum absolute atomic E-state index is 0.220. The van der Waals surface area contributed by atoms with Crippen LogP contribution in [0.25, 0.3) is 30.9 Å². The molecule has 10 nitrogen and oxygen atoms in total. The molecule has 0 aliphatic heterocycles. The van der Waals surface area contributed by atoms with Crippen molar-refractivity contribution in [1.29, 1.82) is 21.0 Å². The Morgan fingerprint density at radius 1 is 0.636 bits per heavy atom. The predicted octanol–water partition coefficient (Wildman–Crippen LogP) is 7.81. The molecule has 0 radical (unpaired) electrons. The molecule has 0 saturated heterocycles. The van der Waals surface area contributed by atoms with Gasteiger partial charge in [0.05, 0.1) is 35.4 Å². The Labute approximate surface area is 268 Å². The maximum absolute atomic E-state index is 9.15. The van der Waals surface area contributed by atoms with E-state index in [0.717, 1.165) is 40.9 Å². The van der Waals surface area contributed by atoms with Crippen molar-refractivity contribution in [3.05, 3.63) is 33.3 Å². The molecule has 2 aliphatic carbocycles. The number of nitriles is 4. The van der Waals surface area contributed by atoms with E-state index < -0.39 is 10.8 Å². The fraction of sp³-hybridized carbons (Fsp3) is 0.267. The normalized spacial score (nSPS) is 14.8. The molecular formula is C30H20N8O2S4. The van der Waals surface area contributed by atoms with Gasteiger partial charge in [-0.2, -0.15) is 21.0 Å². The molecule has 4 aromatic heterocycles. The molecule has 0 saturated carbocycles. The predicted molar refractivity (Wildman–Crippen MR) is 173 cm³/mol. The Hall–Kier alpha value is -4.70. The van der Waals surface area contributed by atoms with Crippen LogP contribution in [0, 0.1) is 45.3 Å². The molecule has 2 aliphatic rings. The highest BCUT2D eigenvalue weighted by molar-refractivity contribution is 7.25. The number of nitrogens with zero attached hydrogens (tertiary/aromatic N) is 8. The summed E-state index contributed by atoms with van der Waals surface area (Å²) in [5.41, 5.74) is 3.13. The molecule has 44 heavy (non-hydrogen) atoms. The summed E-state index contributed by atoms with van der Waals surface area (Å²) in [7, 11) is 3.15. The van der Waals surface area contributed by atoms with Crippen molar-refractivity contribution in [3.8, 4) is 55.5 Å². The summed E-state index contributed by atoms with van der Waals surface area (Å²) in [6.45, 7) is 8.72. The van der Waals surface area contributed by atoms with Gasteiger partial charge in [-0.1, -0.05) is 27.7 Å². The van der Waals surface area contributed by atoms with Crippen molar-refractivity contribution in [2.24, 2.45) is 9.98 Å². The van der Waals surface area contributed by atoms with Gasteiger partial charge in [-0.3, -0.25) is 0 Å². The minimum atomic E-state index is -0.407. The third-order valence-electron chi connectivity index (χ3n) is 7.46. The van der Waals surface area contributed by atoms with Crippen LogP contribution >= 0.6 is 45.3 Å². The molecule has 0 spiro atoms. The first-order valence-corrected chi connectivity index (χ1v) is 16.2. The summed E-state index contributed by atoms with van der Waals surface area (Å²) in [5, 5.41) is 39.2. The molecule has 0 atom stereocenters. The molecule has 14 heteroatoms. The van der Waals surface area contributed by atoms with Gasteiger partial charge in [-0.15, -0.1) is 45.3 Å². The van der Waals surface area contributed by atoms with Crippen LogP contribution in [0.15, 0.2) is 22.1 Å². The fourth-order valence-electron chi connectivity index (χ4n) is 5.48. The number of hydrogen-bond acceptors (Lipinski definition) is 14. The zero-order valence-corrected chi connectivity index (χ0v) is 27.4. The zero-order valence-electron chi connectivity index (χ0n) is 24.2. The van der Waals surface area contributed by atoms with Crippen LogP contribution in [0.3, 0.4) is 0 Å². The second-order valence-electron chi connectivity index (χ2n) is 10.7. The van der Waals surface area contributed by atoms with Crippen LogP contribution in [0.5, 0.6) is 11.5 Å². The van der Waals surface area contributed by atoms with E-state index in [2.05, 4.69) is 37.7 Å². The van der Waals surface area contributed by atoms with E-state index in [0.29, 0.717) is 21.5 Å². The number of ether oxygens (including phenoxy) is 2. The number of thiophene rings is 2. The number of fused-ring (bicyclic) bond motifs is 4. The first-order valence-electron chi connectivity index (χ1n) is 12.9. The van der Waals surface area contributed by atoms with Crippen molar-refractivity contribution in [2.45, 2.75) is 38.5 Å². The average Bonchev–Trinajstić information content (AvgIpc) is 3.83. The van der Waals surface area contributed by atoms with Crippen LogP contribution < -0.4 is 9.47 Å². The number of hydrogen-bond donors (Lipinski definition) is 0. The van der Waals surface area contributed by atoms with Crippen molar-refractivity contribution < 1.29 is 9.47 Å². The zero-order chi connectivity index (χ0) is 31.6. The fourth-order valence-corrected chi connectivity index (χ4v) is 10.5. The van der Waals surface area contributed by atoms with Gasteiger partial charge in [0, 0.05) is 23.0 Å². The number of methoxy groups -OCH3 is 2. The standard InChI is InChI=1S/C30H20N8O2S4/c1-29(2)19-20(24-25(29)37-27(44-24)21-15(39-5)7-17(41-21)35-13(9-31)10-32)30(3,4)26-23(19)43-28(38-26)22-16(40-6)8-18(42-22)36-14(11-33)12-34/h7-8H,1-6H3. The lowest BCUT2D eigenvalue weighted by Gasteiger charge is -2.21. The molecule has 6 rings (SSSR count). The molecule has 0 bridgehead atoms. The summed E-state index contributed by atoms with van der Waals surface area (Å²) in [6.07, 6.45) is 0. The quantitative estimate of drug-likeness (QED) is 0.190. The summed E-state index contributed by atoms with van der Waals surface area (Å²) in [5.74, 6) is 1.18. The Balaban J connectivity index is 1.45. The van der Waals surface area contributed by atoms with Crippen molar-refractivity contribution in [1.82, 2.24) is 9.97 Å². The van der Waals surface area contributed by atoms with E-state index in [9.17, 15) is 0 Å². The Bertz CT molecular complexity index is 1970. The summed E-state index contributed by atoms with van der Waals surface area (Å²) < 4.78 is 11.3. The highest BCUT2D eigenvalue weighted by Crippen LogP contribution is 2.66. The van der Waals surface area contributed by atoms with E-state index in [1.54, 1.807) is 73.3 Å². The van der Waals surface area contributed by atoms with Gasteiger partial charge in [0.1, 0.15) is 65.5 Å². The first-order chi connectivity index (χ1) is 21.0. The van der Waals surface area contributed by atoms with Crippen molar-refractivity contribution >= 4 is 77.9 Å². The van der Waals surface area contributed by atoms with Gasteiger partial charge >= 0.3 is 0 Å². The van der Waals surface area contributed by atoms with Crippen molar-refractivity contribution in [2.75, 3.05) is 14.2 Å². The highest BCUT2D eigenvalue weighted by Gasteiger charge is 2.54. The van der Waals surface area contributed by atoms with Gasteiger partial charge in [0.15, 0.2) is 0 Å². The average molecular weight is 653 g/mol. The van der Waals surface area contributed by atoms with Crippen LogP contribution in [0.4, 0.5) is 10.0 Å². The highest BCUT2D eigenvalue weighted by atomic mass is 32.1. The molecule has 0 fully saturated rings. The SMILES string of the molecule is COc1cc(N=C(C#N)C#N)sc1-c1nc2c(s1)C1=C(c3sc(-c4sc(N=C(C#N)C#N)cc4OC)nc3C1(C)C)C2(C)C. The van der Waals surface area contributed by atoms with Gasteiger partial charge in [-0.25, -0.2) is 20.0 Å². The number of aromatic nitrogens is 2. The molecule has 0 N–H and O–H groups in total. The van der Waals surface area contributed by atoms with Gasteiger partial charge in [-0.05, 0) is 11.1 Å². The molecule has 0 amide bonds. The second kappa shape index (κ2) is 10.5. The molecule has 216 valence electrons. The number of aliphatic imine (C=N–C) groups is 2. The van der Waals surface area contributed by atoms with E-state index in [1.165, 1.54) is 33.8 Å². The van der Waals surface area contributed by atoms with Crippen molar-refractivity contribution in [3.63, 3.8) is 0 Å². The van der Waals surface area contributed by atoms with Crippen LogP contribution in [-0.4, -0.2) is 35.6 Å². The topological polar surface area (TPSA) is 164 Å². The lowest BCUT2D eigenvalue weighted by atomic mass is 9.84. The third-order valence-corrected chi connectivity index (χ3v) is 11.9. The van der Waals surface area contributed by atoms with Gasteiger partial charge in [0.2, 0.25) is 11.4 Å². The molecule has 0 aromatic carbocycles. The smallest absolute Gasteiger partial charge is 0.219 e. The lowest BCUT2D eigenvalue weighted by Crippen LogP contribution is -2.18. The van der Waals surface area contributed by atoms with Crippen LogP contribution in [0.2, 0.25) is 0 Å².